The molecule has 3 N–H and O–H groups in total. The van der Waals surface area contributed by atoms with Crippen LogP contribution in [0.3, 0.4) is 0 Å². The third kappa shape index (κ3) is 6.17. The molecule has 0 saturated carbocycles. The monoisotopic (exact) mass is 487 g/mol. The van der Waals surface area contributed by atoms with Gasteiger partial charge < -0.3 is 15.6 Å². The first-order valence-electron chi connectivity index (χ1n) is 10.2. The van der Waals surface area contributed by atoms with Gasteiger partial charge in [-0.15, -0.1) is 0 Å². The number of amides is 1. The summed E-state index contributed by atoms with van der Waals surface area (Å²) in [7, 11) is 0. The van der Waals surface area contributed by atoms with Crippen LogP contribution in [0.4, 0.5) is 13.2 Å². The SMILES string of the molecule is CC[S+]([O-])c1ccc(Cl)cc1CNC(=O)c1ccc(CN2CCC(N)C2)c(C(F)(F)F)c1. The summed E-state index contributed by atoms with van der Waals surface area (Å²) in [4.78, 5) is 15.0. The molecular weight excluding hydrogens is 463 g/mol. The van der Waals surface area contributed by atoms with E-state index in [1.54, 1.807) is 25.1 Å². The summed E-state index contributed by atoms with van der Waals surface area (Å²) in [5, 5.41) is 3.03. The normalized spacial score (nSPS) is 18.0. The minimum atomic E-state index is -4.59. The van der Waals surface area contributed by atoms with Gasteiger partial charge in [0.2, 0.25) is 0 Å². The molecule has 1 saturated heterocycles. The van der Waals surface area contributed by atoms with E-state index in [9.17, 15) is 22.5 Å². The smallest absolute Gasteiger partial charge is 0.416 e. The molecule has 1 heterocycles. The number of nitrogens with two attached hydrogens (primary N) is 1. The molecule has 3 rings (SSSR count). The maximum absolute atomic E-state index is 13.7. The van der Waals surface area contributed by atoms with E-state index < -0.39 is 28.8 Å². The molecule has 0 aromatic heterocycles. The summed E-state index contributed by atoms with van der Waals surface area (Å²) in [5.74, 6) is -0.264. The highest BCUT2D eigenvalue weighted by atomic mass is 35.5. The quantitative estimate of drug-likeness (QED) is 0.579. The Morgan fingerprint density at radius 3 is 2.66 bits per heavy atom. The molecule has 0 aliphatic carbocycles. The molecule has 1 aliphatic heterocycles. The van der Waals surface area contributed by atoms with Crippen molar-refractivity contribution in [3.63, 3.8) is 0 Å². The number of carbonyl (C=O) groups is 1. The van der Waals surface area contributed by atoms with Gasteiger partial charge in [0.15, 0.2) is 4.90 Å². The Morgan fingerprint density at radius 1 is 1.28 bits per heavy atom. The highest BCUT2D eigenvalue weighted by molar-refractivity contribution is 7.91. The molecule has 2 aromatic rings. The first-order chi connectivity index (χ1) is 15.1. The molecule has 174 valence electrons. The van der Waals surface area contributed by atoms with Crippen LogP contribution in [0, 0.1) is 0 Å². The Kier molecular flexibility index (Phi) is 8.11. The van der Waals surface area contributed by atoms with Gasteiger partial charge >= 0.3 is 6.18 Å². The summed E-state index contributed by atoms with van der Waals surface area (Å²) in [6.45, 7) is 3.07. The van der Waals surface area contributed by atoms with Crippen molar-refractivity contribution in [1.29, 1.82) is 0 Å². The van der Waals surface area contributed by atoms with Crippen LogP contribution in [0.25, 0.3) is 0 Å². The number of nitrogens with one attached hydrogen (secondary N) is 1. The summed E-state index contributed by atoms with van der Waals surface area (Å²) in [6.07, 6.45) is -3.85. The van der Waals surface area contributed by atoms with E-state index >= 15 is 0 Å². The lowest BCUT2D eigenvalue weighted by molar-refractivity contribution is -0.138. The van der Waals surface area contributed by atoms with Gasteiger partial charge in [0.05, 0.1) is 5.56 Å². The lowest BCUT2D eigenvalue weighted by Gasteiger charge is -2.20. The lowest BCUT2D eigenvalue weighted by atomic mass is 10.0. The van der Waals surface area contributed by atoms with Crippen molar-refractivity contribution in [3.05, 3.63) is 63.7 Å². The fourth-order valence-electron chi connectivity index (χ4n) is 3.71. The highest BCUT2D eigenvalue weighted by Crippen LogP contribution is 2.34. The number of carbonyl (C=O) groups excluding carboxylic acids is 1. The van der Waals surface area contributed by atoms with Crippen molar-refractivity contribution >= 4 is 28.7 Å². The minimum absolute atomic E-state index is 0.00473. The van der Waals surface area contributed by atoms with E-state index in [1.807, 2.05) is 4.90 Å². The van der Waals surface area contributed by atoms with Crippen LogP contribution in [-0.4, -0.2) is 40.2 Å². The molecule has 0 spiro atoms. The Balaban J connectivity index is 1.78. The molecule has 2 unspecified atom stereocenters. The second kappa shape index (κ2) is 10.4. The lowest BCUT2D eigenvalue weighted by Crippen LogP contribution is -2.28. The molecule has 2 aromatic carbocycles. The molecular formula is C22H25ClF3N3O2S. The van der Waals surface area contributed by atoms with Gasteiger partial charge in [0.1, 0.15) is 5.75 Å². The number of benzene rings is 2. The maximum Gasteiger partial charge on any atom is 0.416 e. The number of rotatable bonds is 7. The fourth-order valence-corrected chi connectivity index (χ4v) is 4.86. The average molecular weight is 488 g/mol. The predicted molar refractivity (Wildman–Crippen MR) is 119 cm³/mol. The second-order valence-electron chi connectivity index (χ2n) is 7.72. The van der Waals surface area contributed by atoms with Crippen LogP contribution < -0.4 is 11.1 Å². The number of alkyl halides is 3. The van der Waals surface area contributed by atoms with E-state index in [4.69, 9.17) is 17.3 Å². The standard InChI is InChI=1S/C22H25ClF3N3O2S/c1-2-32(31)20-6-5-17(23)9-16(20)11-28-21(30)14-3-4-15(19(10-14)22(24,25)26)12-29-8-7-18(27)13-29/h3-6,9-10,18H,2,7-8,11-13,27H2,1H3,(H,28,30). The number of nitrogens with zero attached hydrogens (tertiary/aromatic N) is 1. The van der Waals surface area contributed by atoms with Crippen molar-refractivity contribution in [1.82, 2.24) is 10.2 Å². The van der Waals surface area contributed by atoms with E-state index in [2.05, 4.69) is 5.32 Å². The zero-order valence-electron chi connectivity index (χ0n) is 17.5. The largest absolute Gasteiger partial charge is 0.611 e. The van der Waals surface area contributed by atoms with Gasteiger partial charge in [-0.1, -0.05) is 17.7 Å². The van der Waals surface area contributed by atoms with Gasteiger partial charge in [-0.25, -0.2) is 0 Å². The van der Waals surface area contributed by atoms with Crippen LogP contribution in [0.15, 0.2) is 41.3 Å². The van der Waals surface area contributed by atoms with Gasteiger partial charge in [-0.3, -0.25) is 9.69 Å². The zero-order chi connectivity index (χ0) is 23.5. The van der Waals surface area contributed by atoms with Crippen LogP contribution >= 0.6 is 11.6 Å². The van der Waals surface area contributed by atoms with E-state index in [1.165, 1.54) is 12.1 Å². The van der Waals surface area contributed by atoms with E-state index in [-0.39, 0.29) is 30.3 Å². The number of likely N-dealkylation sites (tertiary alicyclic amines) is 1. The van der Waals surface area contributed by atoms with E-state index in [0.717, 1.165) is 12.5 Å². The average Bonchev–Trinajstić information content (AvgIpc) is 3.15. The first-order valence-corrected chi connectivity index (χ1v) is 11.9. The first kappa shape index (κ1) is 24.9. The summed E-state index contributed by atoms with van der Waals surface area (Å²) >= 11 is 4.75. The molecule has 0 bridgehead atoms. The Labute approximate surface area is 193 Å². The molecule has 0 radical (unpaired) electrons. The molecule has 1 aliphatic rings. The number of hydrogen-bond acceptors (Lipinski definition) is 4. The van der Waals surface area contributed by atoms with Crippen molar-refractivity contribution < 1.29 is 22.5 Å². The highest BCUT2D eigenvalue weighted by Gasteiger charge is 2.35. The van der Waals surface area contributed by atoms with Gasteiger partial charge in [-0.05, 0) is 60.4 Å². The van der Waals surface area contributed by atoms with Crippen LogP contribution in [0.1, 0.15) is 40.4 Å². The van der Waals surface area contributed by atoms with Crippen molar-refractivity contribution in [2.75, 3.05) is 18.8 Å². The third-order valence-corrected chi connectivity index (χ3v) is 7.00. The predicted octanol–water partition coefficient (Wildman–Crippen LogP) is 3.95. The Hall–Kier alpha value is -1.78. The summed E-state index contributed by atoms with van der Waals surface area (Å²) in [6, 6.07) is 8.41. The second-order valence-corrected chi connectivity index (χ2v) is 9.87. The molecule has 1 amide bonds. The maximum atomic E-state index is 13.7. The molecule has 1 fully saturated rings. The summed E-state index contributed by atoms with van der Waals surface area (Å²) < 4.78 is 53.3. The van der Waals surface area contributed by atoms with Crippen molar-refractivity contribution in [2.45, 2.75) is 43.5 Å². The molecule has 32 heavy (non-hydrogen) atoms. The Morgan fingerprint density at radius 2 is 2.03 bits per heavy atom. The molecule has 2 atom stereocenters. The van der Waals surface area contributed by atoms with Crippen molar-refractivity contribution in [3.8, 4) is 0 Å². The minimum Gasteiger partial charge on any atom is -0.611 e. The fraction of sp³-hybridized carbons (Fsp3) is 0.409. The van der Waals surface area contributed by atoms with Gasteiger partial charge in [0, 0.05) is 48.4 Å². The Bertz CT molecular complexity index is 974. The third-order valence-electron chi connectivity index (χ3n) is 5.35. The van der Waals surface area contributed by atoms with Gasteiger partial charge in [-0.2, -0.15) is 13.2 Å². The van der Waals surface area contributed by atoms with Gasteiger partial charge in [0.25, 0.3) is 5.91 Å². The number of halogens is 4. The molecule has 10 heteroatoms. The van der Waals surface area contributed by atoms with Crippen LogP contribution in [-0.2, 0) is 30.4 Å². The van der Waals surface area contributed by atoms with Crippen LogP contribution in [0.5, 0.6) is 0 Å². The zero-order valence-corrected chi connectivity index (χ0v) is 19.1. The van der Waals surface area contributed by atoms with Crippen LogP contribution in [0.2, 0.25) is 5.02 Å². The van der Waals surface area contributed by atoms with E-state index in [0.29, 0.717) is 34.3 Å². The molecule has 5 nitrogen and oxygen atoms in total. The van der Waals surface area contributed by atoms with Crippen molar-refractivity contribution in [2.24, 2.45) is 5.73 Å². The number of hydrogen-bond donors (Lipinski definition) is 2. The summed E-state index contributed by atoms with van der Waals surface area (Å²) in [5.41, 5.74) is 5.59. The topological polar surface area (TPSA) is 81.4 Å².